The molecule has 1 aromatic carbocycles. The summed E-state index contributed by atoms with van der Waals surface area (Å²) in [6.07, 6.45) is 3.62. The molecule has 3 N–H and O–H groups in total. The van der Waals surface area contributed by atoms with Crippen LogP contribution in [0.25, 0.3) is 11.3 Å². The molecule has 1 aliphatic rings. The molecule has 1 atom stereocenters. The largest absolute Gasteiger partial charge is 0.387 e. The average molecular weight is 474 g/mol. The van der Waals surface area contributed by atoms with E-state index < -0.39 is 39.8 Å². The molecule has 2 aromatic rings. The Hall–Kier alpha value is -2.54. The minimum Gasteiger partial charge on any atom is -0.387 e. The molecule has 0 bridgehead atoms. The van der Waals surface area contributed by atoms with Gasteiger partial charge in [-0.3, -0.25) is 15.0 Å². The van der Waals surface area contributed by atoms with Crippen LogP contribution in [0.2, 0.25) is 5.02 Å². The molecule has 2 heterocycles. The lowest BCUT2D eigenvalue weighted by Crippen LogP contribution is -2.44. The van der Waals surface area contributed by atoms with E-state index in [4.69, 9.17) is 16.7 Å². The van der Waals surface area contributed by atoms with Gasteiger partial charge in [0.25, 0.3) is 5.91 Å². The molecule has 3 rings (SSSR count). The average Bonchev–Trinajstić information content (AvgIpc) is 3.36. The lowest BCUT2D eigenvalue weighted by Gasteiger charge is -2.15. The van der Waals surface area contributed by atoms with E-state index >= 15 is 0 Å². The molecule has 168 valence electrons. The number of aromatic nitrogens is 2. The molecular weight excluding hydrogens is 453 g/mol. The molecule has 1 saturated heterocycles. The molecular formula is C18H21ClFN5O5S. The highest BCUT2D eigenvalue weighted by atomic mass is 35.5. The number of amides is 2. The number of aliphatic hydroxyl groups is 1. The third-order valence-electron chi connectivity index (χ3n) is 4.82. The van der Waals surface area contributed by atoms with Crippen molar-refractivity contribution in [1.82, 2.24) is 24.7 Å². The molecule has 1 aliphatic heterocycles. The molecule has 1 aromatic heterocycles. The summed E-state index contributed by atoms with van der Waals surface area (Å²) in [6.45, 7) is -0.111. The molecule has 0 saturated carbocycles. The Morgan fingerprint density at radius 2 is 2.13 bits per heavy atom. The maximum absolute atomic E-state index is 14.4. The van der Waals surface area contributed by atoms with Crippen LogP contribution in [-0.2, 0) is 21.9 Å². The highest BCUT2D eigenvalue weighted by Crippen LogP contribution is 2.27. The second kappa shape index (κ2) is 9.30. The number of nitrogens with zero attached hydrogens (tertiary/aromatic N) is 3. The van der Waals surface area contributed by atoms with Crippen molar-refractivity contribution in [1.29, 1.82) is 0 Å². The summed E-state index contributed by atoms with van der Waals surface area (Å²) in [7, 11) is -2.22. The number of sulfonamides is 1. The van der Waals surface area contributed by atoms with Gasteiger partial charge in [-0.1, -0.05) is 11.6 Å². The van der Waals surface area contributed by atoms with Crippen LogP contribution in [0, 0.1) is 11.7 Å². The molecule has 0 spiro atoms. The fourth-order valence-electron chi connectivity index (χ4n) is 3.30. The highest BCUT2D eigenvalue weighted by Gasteiger charge is 2.30. The fraction of sp³-hybridized carbons (Fsp3) is 0.389. The minimum absolute atomic E-state index is 0.185. The van der Waals surface area contributed by atoms with Crippen LogP contribution in [0.1, 0.15) is 16.8 Å². The van der Waals surface area contributed by atoms with Crippen molar-refractivity contribution in [3.05, 3.63) is 41.1 Å². The highest BCUT2D eigenvalue weighted by molar-refractivity contribution is 7.89. The Bertz CT molecular complexity index is 1110. The van der Waals surface area contributed by atoms with E-state index in [1.54, 1.807) is 17.8 Å². The first-order chi connectivity index (χ1) is 14.6. The predicted molar refractivity (Wildman–Crippen MR) is 110 cm³/mol. The third-order valence-corrected chi connectivity index (χ3v) is 6.42. The first kappa shape index (κ1) is 23.1. The number of likely N-dealkylation sites (tertiary alicyclic amines) is 1. The summed E-state index contributed by atoms with van der Waals surface area (Å²) < 4.78 is 40.7. The van der Waals surface area contributed by atoms with E-state index in [1.165, 1.54) is 23.4 Å². The SMILES string of the molecule is Cn1cnc(-c2cc(Cl)c(F)c(C(=O)NNS(=O)(=O)CC3CCN(C(=O)CO)C3)c2)c1. The third kappa shape index (κ3) is 5.58. The first-order valence-electron chi connectivity index (χ1n) is 9.25. The summed E-state index contributed by atoms with van der Waals surface area (Å²) in [6, 6.07) is 2.54. The number of rotatable bonds is 7. The first-order valence-corrected chi connectivity index (χ1v) is 11.3. The molecule has 0 radical (unpaired) electrons. The van der Waals surface area contributed by atoms with Gasteiger partial charge < -0.3 is 14.6 Å². The van der Waals surface area contributed by atoms with E-state index in [0.717, 1.165) is 0 Å². The van der Waals surface area contributed by atoms with Crippen LogP contribution in [0.3, 0.4) is 0 Å². The number of carbonyl (C=O) groups is 2. The maximum Gasteiger partial charge on any atom is 0.269 e. The standard InChI is InChI=1S/C18H21ClFN5O5S/c1-24-7-15(21-10-24)12-4-13(17(20)14(19)5-12)18(28)22-23-31(29,30)9-11-2-3-25(6-11)16(27)8-26/h4-5,7,10-11,23,26H,2-3,6,8-9H2,1H3,(H,22,28). The van der Waals surface area contributed by atoms with Crippen molar-refractivity contribution >= 4 is 33.4 Å². The minimum atomic E-state index is -3.96. The van der Waals surface area contributed by atoms with Crippen molar-refractivity contribution in [2.24, 2.45) is 13.0 Å². The summed E-state index contributed by atoms with van der Waals surface area (Å²) in [5.74, 6) is -3.19. The Morgan fingerprint density at radius 3 is 2.77 bits per heavy atom. The van der Waals surface area contributed by atoms with E-state index in [2.05, 4.69) is 4.98 Å². The van der Waals surface area contributed by atoms with Gasteiger partial charge in [0.05, 0.1) is 28.4 Å². The van der Waals surface area contributed by atoms with Crippen LogP contribution in [-0.4, -0.2) is 65.2 Å². The summed E-state index contributed by atoms with van der Waals surface area (Å²) in [5, 5.41) is 8.58. The van der Waals surface area contributed by atoms with Gasteiger partial charge in [-0.05, 0) is 24.5 Å². The van der Waals surface area contributed by atoms with Gasteiger partial charge in [0.1, 0.15) is 6.61 Å². The maximum atomic E-state index is 14.4. The van der Waals surface area contributed by atoms with Crippen LogP contribution in [0.15, 0.2) is 24.7 Å². The van der Waals surface area contributed by atoms with Gasteiger partial charge in [-0.15, -0.1) is 4.83 Å². The second-order valence-electron chi connectivity index (χ2n) is 7.23. The molecule has 10 nitrogen and oxygen atoms in total. The van der Waals surface area contributed by atoms with Crippen LogP contribution in [0.4, 0.5) is 4.39 Å². The smallest absolute Gasteiger partial charge is 0.269 e. The van der Waals surface area contributed by atoms with Gasteiger partial charge in [0.15, 0.2) is 5.82 Å². The van der Waals surface area contributed by atoms with Crippen LogP contribution in [0.5, 0.6) is 0 Å². The number of benzene rings is 1. The lowest BCUT2D eigenvalue weighted by molar-refractivity contribution is -0.133. The quantitative estimate of drug-likeness (QED) is 0.495. The summed E-state index contributed by atoms with van der Waals surface area (Å²) >= 11 is 5.90. The zero-order valence-corrected chi connectivity index (χ0v) is 18.1. The molecule has 0 aliphatic carbocycles. The number of imidazole rings is 1. The van der Waals surface area contributed by atoms with E-state index in [9.17, 15) is 22.4 Å². The molecule has 31 heavy (non-hydrogen) atoms. The zero-order chi connectivity index (χ0) is 22.8. The monoisotopic (exact) mass is 473 g/mol. The Balaban J connectivity index is 1.66. The number of hydrazine groups is 1. The Morgan fingerprint density at radius 1 is 1.39 bits per heavy atom. The number of nitrogens with one attached hydrogen (secondary N) is 2. The Labute approximate surface area is 183 Å². The van der Waals surface area contributed by atoms with Gasteiger partial charge in [-0.25, -0.2) is 17.8 Å². The normalized spacial score (nSPS) is 16.5. The van der Waals surface area contributed by atoms with Crippen molar-refractivity contribution in [3.63, 3.8) is 0 Å². The zero-order valence-electron chi connectivity index (χ0n) is 16.5. The topological polar surface area (TPSA) is 134 Å². The van der Waals surface area contributed by atoms with Gasteiger partial charge in [0, 0.05) is 31.9 Å². The Kier molecular flexibility index (Phi) is 6.94. The molecule has 2 amide bonds. The van der Waals surface area contributed by atoms with E-state index in [0.29, 0.717) is 24.2 Å². The summed E-state index contributed by atoms with van der Waals surface area (Å²) in [5.41, 5.74) is 2.39. The van der Waals surface area contributed by atoms with Crippen LogP contribution >= 0.6 is 11.6 Å². The van der Waals surface area contributed by atoms with Gasteiger partial charge in [-0.2, -0.15) is 0 Å². The molecule has 1 unspecified atom stereocenters. The van der Waals surface area contributed by atoms with Crippen LogP contribution < -0.4 is 10.3 Å². The summed E-state index contributed by atoms with van der Waals surface area (Å²) in [4.78, 5) is 31.4. The predicted octanol–water partition coefficient (Wildman–Crippen LogP) is 0.285. The number of aryl methyl sites for hydroxylation is 1. The molecule has 13 heteroatoms. The van der Waals surface area contributed by atoms with Gasteiger partial charge >= 0.3 is 0 Å². The van der Waals surface area contributed by atoms with E-state index in [1.807, 2.05) is 10.3 Å². The van der Waals surface area contributed by atoms with Gasteiger partial charge in [0.2, 0.25) is 15.9 Å². The number of aliphatic hydroxyl groups excluding tert-OH is 1. The number of carbonyl (C=O) groups excluding carboxylic acids is 2. The van der Waals surface area contributed by atoms with Crippen molar-refractivity contribution < 1.29 is 27.5 Å². The lowest BCUT2D eigenvalue weighted by atomic mass is 10.1. The number of hydrogen-bond acceptors (Lipinski definition) is 6. The fourth-order valence-corrected chi connectivity index (χ4v) is 4.75. The number of hydrogen-bond donors (Lipinski definition) is 3. The van der Waals surface area contributed by atoms with E-state index in [-0.39, 0.29) is 23.2 Å². The van der Waals surface area contributed by atoms with Crippen molar-refractivity contribution in [3.8, 4) is 11.3 Å². The van der Waals surface area contributed by atoms with Crippen molar-refractivity contribution in [2.75, 3.05) is 25.4 Å². The second-order valence-corrected chi connectivity index (χ2v) is 9.41. The molecule has 1 fully saturated rings. The van der Waals surface area contributed by atoms with Crippen molar-refractivity contribution in [2.45, 2.75) is 6.42 Å². The number of halogens is 2.